The maximum absolute atomic E-state index is 12.0. The lowest BCUT2D eigenvalue weighted by molar-refractivity contribution is -0.111. The van der Waals surface area contributed by atoms with Crippen LogP contribution in [0.1, 0.15) is 22.5 Å². The van der Waals surface area contributed by atoms with Gasteiger partial charge in [0, 0.05) is 35.1 Å². The number of amides is 1. The van der Waals surface area contributed by atoms with Crippen molar-refractivity contribution in [2.75, 3.05) is 5.32 Å². The number of nitrogens with zero attached hydrogens (tertiary/aromatic N) is 2. The van der Waals surface area contributed by atoms with Crippen LogP contribution in [0.25, 0.3) is 6.08 Å². The van der Waals surface area contributed by atoms with Crippen molar-refractivity contribution in [1.82, 2.24) is 9.78 Å². The van der Waals surface area contributed by atoms with Crippen LogP contribution in [0.4, 0.5) is 5.69 Å². The SMILES string of the molecule is Cc1nn(C)c(C)c1/C=C/C(=O)Nc1cccc(Cl)c1C. The monoisotopic (exact) mass is 303 g/mol. The molecule has 0 aliphatic carbocycles. The van der Waals surface area contributed by atoms with Gasteiger partial charge in [-0.1, -0.05) is 17.7 Å². The number of rotatable bonds is 3. The van der Waals surface area contributed by atoms with Gasteiger partial charge in [0.25, 0.3) is 0 Å². The van der Waals surface area contributed by atoms with E-state index in [0.29, 0.717) is 5.02 Å². The maximum Gasteiger partial charge on any atom is 0.248 e. The molecule has 0 aliphatic heterocycles. The molecule has 0 aliphatic rings. The summed E-state index contributed by atoms with van der Waals surface area (Å²) in [5, 5.41) is 7.78. The van der Waals surface area contributed by atoms with E-state index in [9.17, 15) is 4.79 Å². The summed E-state index contributed by atoms with van der Waals surface area (Å²) in [7, 11) is 1.88. The molecule has 110 valence electrons. The van der Waals surface area contributed by atoms with Crippen LogP contribution in [0.5, 0.6) is 0 Å². The van der Waals surface area contributed by atoms with Crippen LogP contribution in [0.3, 0.4) is 0 Å². The van der Waals surface area contributed by atoms with Crippen molar-refractivity contribution < 1.29 is 4.79 Å². The molecular formula is C16H18ClN3O. The van der Waals surface area contributed by atoms with E-state index in [0.717, 1.165) is 28.2 Å². The molecule has 1 N–H and O–H groups in total. The molecule has 0 saturated carbocycles. The number of aryl methyl sites for hydroxylation is 2. The summed E-state index contributed by atoms with van der Waals surface area (Å²) < 4.78 is 1.80. The van der Waals surface area contributed by atoms with Crippen molar-refractivity contribution in [3.63, 3.8) is 0 Å². The Morgan fingerprint density at radius 3 is 2.67 bits per heavy atom. The molecular weight excluding hydrogens is 286 g/mol. The van der Waals surface area contributed by atoms with Crippen LogP contribution in [-0.2, 0) is 11.8 Å². The Balaban J connectivity index is 2.15. The smallest absolute Gasteiger partial charge is 0.248 e. The Labute approximate surface area is 129 Å². The van der Waals surface area contributed by atoms with Crippen molar-refractivity contribution in [1.29, 1.82) is 0 Å². The molecule has 0 atom stereocenters. The summed E-state index contributed by atoms with van der Waals surface area (Å²) in [4.78, 5) is 12.0. The predicted octanol–water partition coefficient (Wildman–Crippen LogP) is 3.65. The summed E-state index contributed by atoms with van der Waals surface area (Å²) in [6, 6.07) is 5.43. The topological polar surface area (TPSA) is 46.9 Å². The molecule has 5 heteroatoms. The van der Waals surface area contributed by atoms with Crippen LogP contribution >= 0.6 is 11.6 Å². The first-order chi connectivity index (χ1) is 9.90. The second kappa shape index (κ2) is 6.14. The summed E-state index contributed by atoms with van der Waals surface area (Å²) >= 11 is 6.03. The van der Waals surface area contributed by atoms with Crippen LogP contribution < -0.4 is 5.32 Å². The van der Waals surface area contributed by atoms with Gasteiger partial charge in [0.2, 0.25) is 5.91 Å². The molecule has 4 nitrogen and oxygen atoms in total. The number of hydrogen-bond acceptors (Lipinski definition) is 2. The molecule has 1 heterocycles. The maximum atomic E-state index is 12.0. The van der Waals surface area contributed by atoms with E-state index in [4.69, 9.17) is 11.6 Å². The molecule has 1 amide bonds. The summed E-state index contributed by atoms with van der Waals surface area (Å²) in [5.74, 6) is -0.192. The van der Waals surface area contributed by atoms with Gasteiger partial charge in [0.05, 0.1) is 5.69 Å². The lowest BCUT2D eigenvalue weighted by Gasteiger charge is -2.07. The molecule has 0 bridgehead atoms. The first-order valence-corrected chi connectivity index (χ1v) is 7.02. The first-order valence-electron chi connectivity index (χ1n) is 6.64. The van der Waals surface area contributed by atoms with Crippen LogP contribution in [0.15, 0.2) is 24.3 Å². The minimum absolute atomic E-state index is 0.192. The average Bonchev–Trinajstić information content (AvgIpc) is 2.67. The van der Waals surface area contributed by atoms with Gasteiger partial charge in [0.1, 0.15) is 0 Å². The fraction of sp³-hybridized carbons (Fsp3) is 0.250. The lowest BCUT2D eigenvalue weighted by atomic mass is 10.1. The normalized spacial score (nSPS) is 11.1. The minimum atomic E-state index is -0.192. The zero-order valence-corrected chi connectivity index (χ0v) is 13.3. The van der Waals surface area contributed by atoms with Gasteiger partial charge >= 0.3 is 0 Å². The fourth-order valence-corrected chi connectivity index (χ4v) is 2.28. The van der Waals surface area contributed by atoms with Gasteiger partial charge in [-0.05, 0) is 44.5 Å². The van der Waals surface area contributed by atoms with Gasteiger partial charge < -0.3 is 5.32 Å². The number of anilines is 1. The Morgan fingerprint density at radius 1 is 1.33 bits per heavy atom. The second-order valence-electron chi connectivity index (χ2n) is 4.94. The van der Waals surface area contributed by atoms with Gasteiger partial charge in [-0.2, -0.15) is 5.10 Å². The molecule has 2 aromatic rings. The Hall–Kier alpha value is -2.07. The molecule has 0 radical (unpaired) electrons. The van der Waals surface area contributed by atoms with Crippen molar-refractivity contribution in [3.8, 4) is 0 Å². The largest absolute Gasteiger partial charge is 0.322 e. The molecule has 0 fully saturated rings. The van der Waals surface area contributed by atoms with Crippen LogP contribution in [-0.4, -0.2) is 15.7 Å². The Morgan fingerprint density at radius 2 is 2.05 bits per heavy atom. The van der Waals surface area contributed by atoms with E-state index in [1.54, 1.807) is 16.8 Å². The molecule has 0 spiro atoms. The van der Waals surface area contributed by atoms with Crippen molar-refractivity contribution in [3.05, 3.63) is 51.8 Å². The molecule has 21 heavy (non-hydrogen) atoms. The lowest BCUT2D eigenvalue weighted by Crippen LogP contribution is -2.09. The molecule has 1 aromatic heterocycles. The van der Waals surface area contributed by atoms with E-state index in [-0.39, 0.29) is 5.91 Å². The highest BCUT2D eigenvalue weighted by atomic mass is 35.5. The standard InChI is InChI=1S/C16H18ClN3O/c1-10-14(17)6-5-7-15(10)18-16(21)9-8-13-11(2)19-20(4)12(13)3/h5-9H,1-4H3,(H,18,21)/b9-8+. The number of aromatic nitrogens is 2. The summed E-state index contributed by atoms with van der Waals surface area (Å²) in [6.45, 7) is 5.77. The average molecular weight is 304 g/mol. The third-order valence-corrected chi connectivity index (χ3v) is 3.90. The van der Waals surface area contributed by atoms with Crippen LogP contribution in [0, 0.1) is 20.8 Å². The summed E-state index contributed by atoms with van der Waals surface area (Å²) in [5.41, 5.74) is 4.47. The van der Waals surface area contributed by atoms with E-state index in [1.165, 1.54) is 6.08 Å². The van der Waals surface area contributed by atoms with Gasteiger partial charge in [-0.25, -0.2) is 0 Å². The third-order valence-electron chi connectivity index (χ3n) is 3.49. The summed E-state index contributed by atoms with van der Waals surface area (Å²) in [6.07, 6.45) is 3.30. The zero-order chi connectivity index (χ0) is 15.6. The first kappa shape index (κ1) is 15.3. The van der Waals surface area contributed by atoms with Gasteiger partial charge in [-0.15, -0.1) is 0 Å². The predicted molar refractivity (Wildman–Crippen MR) is 86.5 cm³/mol. The zero-order valence-electron chi connectivity index (χ0n) is 12.6. The van der Waals surface area contributed by atoms with E-state index in [2.05, 4.69) is 10.4 Å². The number of hydrogen-bond donors (Lipinski definition) is 1. The number of nitrogens with one attached hydrogen (secondary N) is 1. The quantitative estimate of drug-likeness (QED) is 0.880. The minimum Gasteiger partial charge on any atom is -0.322 e. The molecule has 0 unspecified atom stereocenters. The van der Waals surface area contributed by atoms with E-state index < -0.39 is 0 Å². The number of halogens is 1. The molecule has 2 rings (SSSR count). The fourth-order valence-electron chi connectivity index (χ4n) is 2.11. The number of benzene rings is 1. The number of carbonyl (C=O) groups excluding carboxylic acids is 1. The highest BCUT2D eigenvalue weighted by Gasteiger charge is 2.07. The van der Waals surface area contributed by atoms with Gasteiger partial charge in [-0.3, -0.25) is 9.48 Å². The van der Waals surface area contributed by atoms with Gasteiger partial charge in [0.15, 0.2) is 0 Å². The van der Waals surface area contributed by atoms with E-state index >= 15 is 0 Å². The van der Waals surface area contributed by atoms with Crippen LogP contribution in [0.2, 0.25) is 5.02 Å². The molecule has 1 aromatic carbocycles. The Bertz CT molecular complexity index is 717. The van der Waals surface area contributed by atoms with E-state index in [1.807, 2.05) is 40.0 Å². The highest BCUT2D eigenvalue weighted by molar-refractivity contribution is 6.31. The number of carbonyl (C=O) groups is 1. The highest BCUT2D eigenvalue weighted by Crippen LogP contribution is 2.23. The third kappa shape index (κ3) is 3.34. The molecule has 0 saturated heterocycles. The van der Waals surface area contributed by atoms with Crippen molar-refractivity contribution in [2.24, 2.45) is 7.05 Å². The second-order valence-corrected chi connectivity index (χ2v) is 5.35. The van der Waals surface area contributed by atoms with Crippen molar-refractivity contribution in [2.45, 2.75) is 20.8 Å². The van der Waals surface area contributed by atoms with Crippen molar-refractivity contribution >= 4 is 29.3 Å². The Kier molecular flexibility index (Phi) is 4.48.